The molecule has 136 valence electrons. The van der Waals surface area contributed by atoms with Gasteiger partial charge in [-0.05, 0) is 0 Å². The summed E-state index contributed by atoms with van der Waals surface area (Å²) in [6, 6.07) is -0.882. The number of hydrogen-bond acceptors (Lipinski definition) is 8. The summed E-state index contributed by atoms with van der Waals surface area (Å²) in [5, 5.41) is 0. The summed E-state index contributed by atoms with van der Waals surface area (Å²) >= 11 is 0. The van der Waals surface area contributed by atoms with Crippen LogP contribution in [0.15, 0.2) is 0 Å². The molecule has 2 unspecified atom stereocenters. The van der Waals surface area contributed by atoms with E-state index in [1.54, 1.807) is 9.80 Å². The van der Waals surface area contributed by atoms with Gasteiger partial charge < -0.3 is 18.9 Å². The number of nitrogens with zero attached hydrogens (tertiary/aromatic N) is 2. The van der Waals surface area contributed by atoms with Gasteiger partial charge in [0.15, 0.2) is 0 Å². The van der Waals surface area contributed by atoms with Crippen LogP contribution < -0.4 is 0 Å². The van der Waals surface area contributed by atoms with Gasteiger partial charge in [0.25, 0.3) is 0 Å². The van der Waals surface area contributed by atoms with Gasteiger partial charge in [0.1, 0.15) is 25.5 Å². The highest BCUT2D eigenvalue weighted by Crippen LogP contribution is 2.16. The molecule has 2 saturated heterocycles. The molecule has 0 aromatic heterocycles. The SMILES string of the molecule is CC.CC.COC(=O)C1COCN1CN1COCC1C(=O)OC. The Balaban J connectivity index is 0.00000112. The molecule has 0 N–H and O–H groups in total. The van der Waals surface area contributed by atoms with Crippen molar-refractivity contribution in [1.29, 1.82) is 0 Å². The van der Waals surface area contributed by atoms with Gasteiger partial charge in [-0.2, -0.15) is 0 Å². The average Bonchev–Trinajstić information content (AvgIpc) is 3.27. The summed E-state index contributed by atoms with van der Waals surface area (Å²) in [6.07, 6.45) is 0. The van der Waals surface area contributed by atoms with Crippen molar-refractivity contribution in [1.82, 2.24) is 9.80 Å². The molecule has 0 amide bonds. The Labute approximate surface area is 138 Å². The first-order chi connectivity index (χ1) is 11.2. The highest BCUT2D eigenvalue weighted by molar-refractivity contribution is 5.76. The molecule has 0 saturated carbocycles. The second-order valence-corrected chi connectivity index (χ2v) is 4.40. The predicted octanol–water partition coefficient (Wildman–Crippen LogP) is 0.659. The Bertz CT molecular complexity index is 321. The van der Waals surface area contributed by atoms with Crippen molar-refractivity contribution in [3.63, 3.8) is 0 Å². The quantitative estimate of drug-likeness (QED) is 0.694. The fraction of sp³-hybridized carbons (Fsp3) is 0.867. The lowest BCUT2D eigenvalue weighted by molar-refractivity contribution is -0.148. The lowest BCUT2D eigenvalue weighted by Crippen LogP contribution is -2.49. The van der Waals surface area contributed by atoms with E-state index in [2.05, 4.69) is 0 Å². The van der Waals surface area contributed by atoms with Crippen LogP contribution in [0.2, 0.25) is 0 Å². The molecule has 0 spiro atoms. The maximum atomic E-state index is 11.6. The number of ether oxygens (including phenoxy) is 4. The Hall–Kier alpha value is -1.22. The molecule has 2 fully saturated rings. The zero-order chi connectivity index (χ0) is 17.8. The summed E-state index contributed by atoms with van der Waals surface area (Å²) in [5.74, 6) is -0.681. The van der Waals surface area contributed by atoms with Crippen LogP contribution in [-0.4, -0.2) is 81.4 Å². The van der Waals surface area contributed by atoms with Gasteiger partial charge in [0.05, 0.1) is 34.1 Å². The molecule has 0 radical (unpaired) electrons. The van der Waals surface area contributed by atoms with Crippen LogP contribution >= 0.6 is 0 Å². The maximum Gasteiger partial charge on any atom is 0.325 e. The second kappa shape index (κ2) is 12.2. The van der Waals surface area contributed by atoms with Gasteiger partial charge in [-0.25, -0.2) is 0 Å². The number of esters is 2. The van der Waals surface area contributed by atoms with E-state index in [4.69, 9.17) is 18.9 Å². The molecule has 2 aliphatic rings. The molecular formula is C15H30N2O6. The van der Waals surface area contributed by atoms with E-state index in [0.717, 1.165) is 0 Å². The number of carbonyl (C=O) groups excluding carboxylic acids is 2. The van der Waals surface area contributed by atoms with E-state index in [1.165, 1.54) is 14.2 Å². The van der Waals surface area contributed by atoms with E-state index in [0.29, 0.717) is 33.3 Å². The molecule has 0 aromatic rings. The molecule has 0 aromatic carbocycles. The highest BCUT2D eigenvalue weighted by atomic mass is 16.5. The van der Waals surface area contributed by atoms with Crippen molar-refractivity contribution < 1.29 is 28.5 Å². The monoisotopic (exact) mass is 334 g/mol. The van der Waals surface area contributed by atoms with Crippen LogP contribution in [0.4, 0.5) is 0 Å². The number of hydrogen-bond donors (Lipinski definition) is 0. The first-order valence-corrected chi connectivity index (χ1v) is 7.96. The summed E-state index contributed by atoms with van der Waals surface area (Å²) in [5.41, 5.74) is 0. The molecule has 2 heterocycles. The van der Waals surface area contributed by atoms with E-state index in [1.807, 2.05) is 27.7 Å². The molecule has 2 atom stereocenters. The summed E-state index contributed by atoms with van der Waals surface area (Å²) < 4.78 is 20.0. The first-order valence-electron chi connectivity index (χ1n) is 7.96. The summed E-state index contributed by atoms with van der Waals surface area (Å²) in [7, 11) is 2.68. The summed E-state index contributed by atoms with van der Waals surface area (Å²) in [4.78, 5) is 26.8. The molecule has 2 aliphatic heterocycles. The van der Waals surface area contributed by atoms with Crippen LogP contribution in [0, 0.1) is 0 Å². The zero-order valence-electron chi connectivity index (χ0n) is 15.0. The van der Waals surface area contributed by atoms with Crippen molar-refractivity contribution in [2.75, 3.05) is 47.6 Å². The Kier molecular flexibility index (Phi) is 11.6. The lowest BCUT2D eigenvalue weighted by Gasteiger charge is -2.27. The van der Waals surface area contributed by atoms with Crippen LogP contribution in [-0.2, 0) is 28.5 Å². The van der Waals surface area contributed by atoms with Crippen LogP contribution in [0.1, 0.15) is 27.7 Å². The number of rotatable bonds is 4. The first kappa shape index (κ1) is 21.8. The van der Waals surface area contributed by atoms with Gasteiger partial charge in [-0.1, -0.05) is 27.7 Å². The second-order valence-electron chi connectivity index (χ2n) is 4.40. The molecular weight excluding hydrogens is 304 g/mol. The van der Waals surface area contributed by atoms with Crippen molar-refractivity contribution >= 4 is 11.9 Å². The lowest BCUT2D eigenvalue weighted by atomic mass is 10.3. The fourth-order valence-corrected chi connectivity index (χ4v) is 2.17. The van der Waals surface area contributed by atoms with E-state index in [9.17, 15) is 9.59 Å². The van der Waals surface area contributed by atoms with Crippen molar-refractivity contribution in [2.45, 2.75) is 39.8 Å². The highest BCUT2D eigenvalue weighted by Gasteiger charge is 2.38. The van der Waals surface area contributed by atoms with Crippen LogP contribution in [0.5, 0.6) is 0 Å². The smallest absolute Gasteiger partial charge is 0.325 e. The normalized spacial score (nSPS) is 24.1. The zero-order valence-corrected chi connectivity index (χ0v) is 15.0. The summed E-state index contributed by atoms with van der Waals surface area (Å²) in [6.45, 7) is 9.63. The van der Waals surface area contributed by atoms with Gasteiger partial charge >= 0.3 is 11.9 Å². The van der Waals surface area contributed by atoms with Crippen molar-refractivity contribution in [3.8, 4) is 0 Å². The fourth-order valence-electron chi connectivity index (χ4n) is 2.17. The van der Waals surface area contributed by atoms with E-state index >= 15 is 0 Å². The average molecular weight is 334 g/mol. The van der Waals surface area contributed by atoms with Crippen molar-refractivity contribution in [3.05, 3.63) is 0 Å². The minimum absolute atomic E-state index is 0.296. The molecule has 0 aliphatic carbocycles. The standard InChI is InChI=1S/C11H18N2O6.2C2H6/c1-16-10(14)8-3-18-6-12(8)5-13-7-19-4-9(13)11(15)17-2;2*1-2/h8-9H,3-7H2,1-2H3;2*1-2H3. The van der Waals surface area contributed by atoms with Crippen LogP contribution in [0.25, 0.3) is 0 Å². The topological polar surface area (TPSA) is 77.5 Å². The third-order valence-corrected chi connectivity index (χ3v) is 3.26. The van der Waals surface area contributed by atoms with Gasteiger partial charge in [-0.3, -0.25) is 19.4 Å². The van der Waals surface area contributed by atoms with Gasteiger partial charge in [-0.15, -0.1) is 0 Å². The molecule has 0 bridgehead atoms. The minimum Gasteiger partial charge on any atom is -0.468 e. The molecule has 2 rings (SSSR count). The third-order valence-electron chi connectivity index (χ3n) is 3.26. The number of methoxy groups -OCH3 is 2. The van der Waals surface area contributed by atoms with Gasteiger partial charge in [0, 0.05) is 0 Å². The molecule has 23 heavy (non-hydrogen) atoms. The number of carbonyl (C=O) groups is 2. The Morgan fingerprint density at radius 3 is 1.52 bits per heavy atom. The Morgan fingerprint density at radius 1 is 0.870 bits per heavy atom. The predicted molar refractivity (Wildman–Crippen MR) is 84.5 cm³/mol. The van der Waals surface area contributed by atoms with Crippen LogP contribution in [0.3, 0.4) is 0 Å². The maximum absolute atomic E-state index is 11.6. The van der Waals surface area contributed by atoms with Crippen molar-refractivity contribution in [2.24, 2.45) is 0 Å². The van der Waals surface area contributed by atoms with Gasteiger partial charge in [0.2, 0.25) is 0 Å². The molecule has 8 heteroatoms. The van der Waals surface area contributed by atoms with E-state index < -0.39 is 12.1 Å². The third kappa shape index (κ3) is 6.06. The minimum atomic E-state index is -0.441. The van der Waals surface area contributed by atoms with E-state index in [-0.39, 0.29) is 11.9 Å². The Morgan fingerprint density at radius 2 is 1.22 bits per heavy atom. The largest absolute Gasteiger partial charge is 0.468 e. The molecule has 8 nitrogen and oxygen atoms in total.